The Kier molecular flexibility index (Phi) is 2.78. The molecule has 0 spiro atoms. The van der Waals surface area contributed by atoms with Gasteiger partial charge in [0.25, 0.3) is 0 Å². The molecule has 0 aliphatic rings. The molecule has 1 atom stereocenters. The lowest BCUT2D eigenvalue weighted by Gasteiger charge is -2.09. The standard InChI is InChI=1S/C11H13N3O/c1-8-13-5-4-11(14-8)10(12)7-9-3-2-6-15-9/h2-6,10H,7,12H2,1H3. The van der Waals surface area contributed by atoms with E-state index < -0.39 is 0 Å². The van der Waals surface area contributed by atoms with Gasteiger partial charge >= 0.3 is 0 Å². The molecule has 0 aromatic carbocycles. The Morgan fingerprint density at radius 1 is 1.47 bits per heavy atom. The molecule has 2 aromatic rings. The van der Waals surface area contributed by atoms with Gasteiger partial charge in [0.2, 0.25) is 0 Å². The van der Waals surface area contributed by atoms with Crippen LogP contribution < -0.4 is 5.73 Å². The number of nitrogens with two attached hydrogens (primary N) is 1. The fourth-order valence-corrected chi connectivity index (χ4v) is 1.43. The maximum atomic E-state index is 6.00. The second-order valence-corrected chi connectivity index (χ2v) is 3.42. The first kappa shape index (κ1) is 9.86. The van der Waals surface area contributed by atoms with Gasteiger partial charge in [0, 0.05) is 12.6 Å². The summed E-state index contributed by atoms with van der Waals surface area (Å²) in [7, 11) is 0. The van der Waals surface area contributed by atoms with E-state index in [1.54, 1.807) is 12.5 Å². The first-order valence-electron chi connectivity index (χ1n) is 4.83. The molecule has 4 nitrogen and oxygen atoms in total. The zero-order valence-corrected chi connectivity index (χ0v) is 8.55. The Morgan fingerprint density at radius 3 is 3.00 bits per heavy atom. The molecule has 15 heavy (non-hydrogen) atoms. The van der Waals surface area contributed by atoms with Crippen molar-refractivity contribution in [1.82, 2.24) is 9.97 Å². The number of furan rings is 1. The van der Waals surface area contributed by atoms with Gasteiger partial charge in [0.05, 0.1) is 18.0 Å². The van der Waals surface area contributed by atoms with E-state index in [1.807, 2.05) is 25.1 Å². The Labute approximate surface area is 88.2 Å². The number of aryl methyl sites for hydroxylation is 1. The second kappa shape index (κ2) is 4.23. The minimum Gasteiger partial charge on any atom is -0.469 e. The van der Waals surface area contributed by atoms with Crippen molar-refractivity contribution in [2.45, 2.75) is 19.4 Å². The summed E-state index contributed by atoms with van der Waals surface area (Å²) in [6.45, 7) is 1.85. The normalized spacial score (nSPS) is 12.7. The quantitative estimate of drug-likeness (QED) is 0.823. The Bertz CT molecular complexity index is 425. The number of hydrogen-bond acceptors (Lipinski definition) is 4. The number of hydrogen-bond donors (Lipinski definition) is 1. The van der Waals surface area contributed by atoms with Crippen LogP contribution in [-0.2, 0) is 6.42 Å². The molecule has 1 unspecified atom stereocenters. The molecule has 0 aliphatic carbocycles. The molecule has 0 amide bonds. The summed E-state index contributed by atoms with van der Waals surface area (Å²) in [6, 6.07) is 5.46. The molecule has 0 saturated carbocycles. The summed E-state index contributed by atoms with van der Waals surface area (Å²) in [5.41, 5.74) is 6.85. The van der Waals surface area contributed by atoms with E-state index >= 15 is 0 Å². The van der Waals surface area contributed by atoms with E-state index in [0.717, 1.165) is 17.3 Å². The number of aromatic nitrogens is 2. The summed E-state index contributed by atoms with van der Waals surface area (Å²) >= 11 is 0. The predicted octanol–water partition coefficient (Wildman–Crippen LogP) is 1.62. The smallest absolute Gasteiger partial charge is 0.125 e. The Balaban J connectivity index is 2.11. The third-order valence-electron chi connectivity index (χ3n) is 2.18. The first-order chi connectivity index (χ1) is 7.25. The van der Waals surface area contributed by atoms with Gasteiger partial charge < -0.3 is 10.2 Å². The predicted molar refractivity (Wildman–Crippen MR) is 56.1 cm³/mol. The lowest BCUT2D eigenvalue weighted by molar-refractivity contribution is 0.485. The van der Waals surface area contributed by atoms with E-state index in [4.69, 9.17) is 10.2 Å². The largest absolute Gasteiger partial charge is 0.469 e. The molecule has 2 heterocycles. The van der Waals surface area contributed by atoms with Gasteiger partial charge in [-0.05, 0) is 25.1 Å². The van der Waals surface area contributed by atoms with Crippen LogP contribution in [0.4, 0.5) is 0 Å². The van der Waals surface area contributed by atoms with Crippen LogP contribution >= 0.6 is 0 Å². The zero-order valence-electron chi connectivity index (χ0n) is 8.55. The van der Waals surface area contributed by atoms with Crippen molar-refractivity contribution in [2.75, 3.05) is 0 Å². The van der Waals surface area contributed by atoms with Gasteiger partial charge in [-0.25, -0.2) is 9.97 Å². The van der Waals surface area contributed by atoms with E-state index in [1.165, 1.54) is 0 Å². The molecule has 0 radical (unpaired) electrons. The van der Waals surface area contributed by atoms with Crippen LogP contribution in [-0.4, -0.2) is 9.97 Å². The van der Waals surface area contributed by atoms with Crippen molar-refractivity contribution in [3.8, 4) is 0 Å². The van der Waals surface area contributed by atoms with E-state index in [0.29, 0.717) is 6.42 Å². The molecule has 0 bridgehead atoms. The van der Waals surface area contributed by atoms with Crippen LogP contribution in [0.3, 0.4) is 0 Å². The molecule has 0 saturated heterocycles. The number of nitrogens with zero attached hydrogens (tertiary/aromatic N) is 2. The molecule has 2 aromatic heterocycles. The van der Waals surface area contributed by atoms with Crippen molar-refractivity contribution in [3.63, 3.8) is 0 Å². The third kappa shape index (κ3) is 2.41. The van der Waals surface area contributed by atoms with E-state index in [9.17, 15) is 0 Å². The van der Waals surface area contributed by atoms with Crippen LogP contribution in [0, 0.1) is 6.92 Å². The highest BCUT2D eigenvalue weighted by atomic mass is 16.3. The molecule has 2 rings (SSSR count). The molecule has 0 fully saturated rings. The highest BCUT2D eigenvalue weighted by molar-refractivity contribution is 5.10. The average Bonchev–Trinajstić information content (AvgIpc) is 2.70. The Hall–Kier alpha value is -1.68. The zero-order chi connectivity index (χ0) is 10.7. The molecule has 4 heteroatoms. The number of rotatable bonds is 3. The summed E-state index contributed by atoms with van der Waals surface area (Å²) < 4.78 is 5.23. The second-order valence-electron chi connectivity index (χ2n) is 3.42. The monoisotopic (exact) mass is 203 g/mol. The highest BCUT2D eigenvalue weighted by Gasteiger charge is 2.10. The SMILES string of the molecule is Cc1nccc(C(N)Cc2ccco2)n1. The van der Waals surface area contributed by atoms with Crippen molar-refractivity contribution < 1.29 is 4.42 Å². The fourth-order valence-electron chi connectivity index (χ4n) is 1.43. The van der Waals surface area contributed by atoms with Crippen molar-refractivity contribution >= 4 is 0 Å². The van der Waals surface area contributed by atoms with Crippen molar-refractivity contribution in [1.29, 1.82) is 0 Å². The summed E-state index contributed by atoms with van der Waals surface area (Å²) in [5, 5.41) is 0. The minimum atomic E-state index is -0.141. The van der Waals surface area contributed by atoms with Gasteiger partial charge in [-0.15, -0.1) is 0 Å². The lowest BCUT2D eigenvalue weighted by atomic mass is 10.1. The average molecular weight is 203 g/mol. The van der Waals surface area contributed by atoms with Gasteiger partial charge in [-0.3, -0.25) is 0 Å². The van der Waals surface area contributed by atoms with Crippen molar-refractivity contribution in [2.24, 2.45) is 5.73 Å². The molecular weight excluding hydrogens is 190 g/mol. The molecule has 0 aliphatic heterocycles. The van der Waals surface area contributed by atoms with Crippen LogP contribution in [0.25, 0.3) is 0 Å². The highest BCUT2D eigenvalue weighted by Crippen LogP contribution is 2.13. The van der Waals surface area contributed by atoms with Gasteiger partial charge in [-0.2, -0.15) is 0 Å². The summed E-state index contributed by atoms with van der Waals surface area (Å²) in [6.07, 6.45) is 4.02. The van der Waals surface area contributed by atoms with Crippen LogP contribution in [0.2, 0.25) is 0 Å². The van der Waals surface area contributed by atoms with Gasteiger partial charge in [-0.1, -0.05) is 0 Å². The van der Waals surface area contributed by atoms with Crippen molar-refractivity contribution in [3.05, 3.63) is 47.9 Å². The van der Waals surface area contributed by atoms with Gasteiger partial charge in [0.1, 0.15) is 11.6 Å². The summed E-state index contributed by atoms with van der Waals surface area (Å²) in [4.78, 5) is 8.31. The minimum absolute atomic E-state index is 0.141. The third-order valence-corrected chi connectivity index (χ3v) is 2.18. The van der Waals surface area contributed by atoms with Crippen LogP contribution in [0.15, 0.2) is 35.1 Å². The van der Waals surface area contributed by atoms with Crippen LogP contribution in [0.5, 0.6) is 0 Å². The summed E-state index contributed by atoms with van der Waals surface area (Å²) in [5.74, 6) is 1.61. The molecular formula is C11H13N3O. The van der Waals surface area contributed by atoms with Crippen LogP contribution in [0.1, 0.15) is 23.3 Å². The molecule has 2 N–H and O–H groups in total. The topological polar surface area (TPSA) is 64.9 Å². The lowest BCUT2D eigenvalue weighted by Crippen LogP contribution is -2.15. The Morgan fingerprint density at radius 2 is 2.33 bits per heavy atom. The van der Waals surface area contributed by atoms with E-state index in [-0.39, 0.29) is 6.04 Å². The van der Waals surface area contributed by atoms with Gasteiger partial charge in [0.15, 0.2) is 0 Å². The molecule has 78 valence electrons. The fraction of sp³-hybridized carbons (Fsp3) is 0.273. The maximum absolute atomic E-state index is 6.00. The van der Waals surface area contributed by atoms with E-state index in [2.05, 4.69) is 9.97 Å². The maximum Gasteiger partial charge on any atom is 0.125 e. The first-order valence-corrected chi connectivity index (χ1v) is 4.83.